The smallest absolute Gasteiger partial charge is 0.335 e. The van der Waals surface area contributed by atoms with E-state index in [1.165, 1.54) is 18.4 Å². The van der Waals surface area contributed by atoms with Crippen LogP contribution in [0.3, 0.4) is 0 Å². The summed E-state index contributed by atoms with van der Waals surface area (Å²) in [4.78, 5) is 25.0. The van der Waals surface area contributed by atoms with Gasteiger partial charge in [0.1, 0.15) is 6.26 Å². The Bertz CT molecular complexity index is 457. The molecule has 0 aliphatic carbocycles. The lowest BCUT2D eigenvalue weighted by Crippen LogP contribution is -2.41. The Hall–Kier alpha value is -1.62. The SMILES string of the molecule is CCN(CC1CCCNC1)C(=O)c1ccc(=O)oc1. The quantitative estimate of drug-likeness (QED) is 0.884. The minimum absolute atomic E-state index is 0.0724. The summed E-state index contributed by atoms with van der Waals surface area (Å²) in [5.74, 6) is 0.435. The van der Waals surface area contributed by atoms with Crippen LogP contribution in [-0.2, 0) is 0 Å². The third-order valence-corrected chi connectivity index (χ3v) is 3.49. The fourth-order valence-electron chi connectivity index (χ4n) is 2.41. The first-order valence-electron chi connectivity index (χ1n) is 6.79. The Balaban J connectivity index is 2.01. The van der Waals surface area contributed by atoms with Crippen molar-refractivity contribution < 1.29 is 9.21 Å². The molecule has 1 aromatic heterocycles. The van der Waals surface area contributed by atoms with Crippen LogP contribution in [0.1, 0.15) is 30.1 Å². The highest BCUT2D eigenvalue weighted by Crippen LogP contribution is 2.13. The summed E-state index contributed by atoms with van der Waals surface area (Å²) >= 11 is 0. The lowest BCUT2D eigenvalue weighted by molar-refractivity contribution is 0.0726. The van der Waals surface area contributed by atoms with Crippen molar-refractivity contribution in [1.82, 2.24) is 10.2 Å². The van der Waals surface area contributed by atoms with Crippen molar-refractivity contribution in [1.29, 1.82) is 0 Å². The summed E-state index contributed by atoms with van der Waals surface area (Å²) < 4.78 is 4.75. The number of carbonyl (C=O) groups excluding carboxylic acids is 1. The number of nitrogens with zero attached hydrogens (tertiary/aromatic N) is 1. The number of hydrogen-bond donors (Lipinski definition) is 1. The number of nitrogens with one attached hydrogen (secondary N) is 1. The molecule has 1 N–H and O–H groups in total. The molecule has 0 saturated carbocycles. The molecule has 2 rings (SSSR count). The lowest BCUT2D eigenvalue weighted by Gasteiger charge is -2.29. The van der Waals surface area contributed by atoms with E-state index in [2.05, 4.69) is 5.32 Å². The first-order valence-corrected chi connectivity index (χ1v) is 6.79. The third kappa shape index (κ3) is 3.67. The molecule has 1 amide bonds. The first kappa shape index (κ1) is 13.8. The van der Waals surface area contributed by atoms with Crippen LogP contribution in [0.15, 0.2) is 27.6 Å². The van der Waals surface area contributed by atoms with Gasteiger partial charge in [-0.1, -0.05) is 0 Å². The summed E-state index contributed by atoms with van der Waals surface area (Å²) in [6, 6.07) is 2.80. The second-order valence-corrected chi connectivity index (χ2v) is 4.90. The lowest BCUT2D eigenvalue weighted by atomic mass is 9.99. The van der Waals surface area contributed by atoms with Crippen LogP contribution in [0.5, 0.6) is 0 Å². The van der Waals surface area contributed by atoms with E-state index >= 15 is 0 Å². The molecule has 1 aliphatic heterocycles. The molecule has 0 radical (unpaired) electrons. The van der Waals surface area contributed by atoms with Crippen molar-refractivity contribution >= 4 is 5.91 Å². The molecule has 2 heterocycles. The van der Waals surface area contributed by atoms with E-state index < -0.39 is 5.63 Å². The van der Waals surface area contributed by atoms with Crippen LogP contribution in [0, 0.1) is 5.92 Å². The Morgan fingerprint density at radius 1 is 1.53 bits per heavy atom. The summed E-state index contributed by atoms with van der Waals surface area (Å²) in [6.45, 7) is 5.41. The highest BCUT2D eigenvalue weighted by atomic mass is 16.4. The van der Waals surface area contributed by atoms with Gasteiger partial charge in [0.05, 0.1) is 5.56 Å². The van der Waals surface area contributed by atoms with E-state index in [-0.39, 0.29) is 5.91 Å². The predicted molar refractivity (Wildman–Crippen MR) is 72.1 cm³/mol. The molecular formula is C14H20N2O3. The van der Waals surface area contributed by atoms with Gasteiger partial charge in [0.15, 0.2) is 0 Å². The molecule has 0 bridgehead atoms. The minimum Gasteiger partial charge on any atom is -0.430 e. The van der Waals surface area contributed by atoms with Crippen LogP contribution in [0.4, 0.5) is 0 Å². The van der Waals surface area contributed by atoms with E-state index in [4.69, 9.17) is 4.42 Å². The number of hydrogen-bond acceptors (Lipinski definition) is 4. The van der Waals surface area contributed by atoms with Gasteiger partial charge in [-0.15, -0.1) is 0 Å². The highest BCUT2D eigenvalue weighted by Gasteiger charge is 2.20. The maximum absolute atomic E-state index is 12.3. The average Bonchev–Trinajstić information content (AvgIpc) is 2.46. The zero-order chi connectivity index (χ0) is 13.7. The number of piperidine rings is 1. The van der Waals surface area contributed by atoms with Crippen molar-refractivity contribution in [3.63, 3.8) is 0 Å². The van der Waals surface area contributed by atoms with Crippen LogP contribution in [-0.4, -0.2) is 37.0 Å². The van der Waals surface area contributed by atoms with Crippen LogP contribution in [0.2, 0.25) is 0 Å². The highest BCUT2D eigenvalue weighted by molar-refractivity contribution is 5.93. The monoisotopic (exact) mass is 264 g/mol. The van der Waals surface area contributed by atoms with Crippen molar-refractivity contribution in [2.45, 2.75) is 19.8 Å². The molecule has 5 nitrogen and oxygen atoms in total. The fraction of sp³-hybridized carbons (Fsp3) is 0.571. The van der Waals surface area contributed by atoms with Crippen LogP contribution < -0.4 is 10.9 Å². The normalized spacial score (nSPS) is 19.1. The molecular weight excluding hydrogens is 244 g/mol. The summed E-state index contributed by atoms with van der Waals surface area (Å²) in [5.41, 5.74) is 0.00120. The van der Waals surface area contributed by atoms with Gasteiger partial charge < -0.3 is 14.6 Å². The van der Waals surface area contributed by atoms with Gasteiger partial charge in [0, 0.05) is 19.2 Å². The Kier molecular flexibility index (Phi) is 4.74. The topological polar surface area (TPSA) is 62.6 Å². The Labute approximate surface area is 112 Å². The Morgan fingerprint density at radius 2 is 2.37 bits per heavy atom. The molecule has 0 spiro atoms. The molecule has 1 aromatic rings. The van der Waals surface area contributed by atoms with Crippen molar-refractivity contribution in [3.05, 3.63) is 34.4 Å². The zero-order valence-corrected chi connectivity index (χ0v) is 11.2. The van der Waals surface area contributed by atoms with Crippen molar-refractivity contribution in [2.75, 3.05) is 26.2 Å². The molecule has 1 unspecified atom stereocenters. The molecule has 1 fully saturated rings. The molecule has 1 aliphatic rings. The predicted octanol–water partition coefficient (Wildman–Crippen LogP) is 1.10. The number of amides is 1. The maximum atomic E-state index is 12.3. The van der Waals surface area contributed by atoms with E-state index in [0.29, 0.717) is 18.0 Å². The third-order valence-electron chi connectivity index (χ3n) is 3.49. The van der Waals surface area contributed by atoms with Gasteiger partial charge in [0.2, 0.25) is 0 Å². The van der Waals surface area contributed by atoms with Gasteiger partial charge in [-0.25, -0.2) is 4.79 Å². The largest absolute Gasteiger partial charge is 0.430 e. The summed E-state index contributed by atoms with van der Waals surface area (Å²) in [6.07, 6.45) is 3.56. The van der Waals surface area contributed by atoms with Gasteiger partial charge in [-0.05, 0) is 44.8 Å². The molecule has 104 valence electrons. The number of rotatable bonds is 4. The first-order chi connectivity index (χ1) is 9.20. The van der Waals surface area contributed by atoms with Crippen LogP contribution >= 0.6 is 0 Å². The molecule has 5 heteroatoms. The molecule has 0 aromatic carbocycles. The van der Waals surface area contributed by atoms with Gasteiger partial charge >= 0.3 is 5.63 Å². The molecule has 1 saturated heterocycles. The average molecular weight is 264 g/mol. The number of carbonyl (C=O) groups is 1. The van der Waals surface area contributed by atoms with E-state index in [1.807, 2.05) is 11.8 Å². The Morgan fingerprint density at radius 3 is 2.95 bits per heavy atom. The zero-order valence-electron chi connectivity index (χ0n) is 11.2. The standard InChI is InChI=1S/C14H20N2O3/c1-2-16(9-11-4-3-7-15-8-11)14(18)12-5-6-13(17)19-10-12/h5-6,10-11,15H,2-4,7-9H2,1H3. The summed E-state index contributed by atoms with van der Waals surface area (Å²) in [7, 11) is 0. The van der Waals surface area contributed by atoms with Gasteiger partial charge in [-0.3, -0.25) is 4.79 Å². The second kappa shape index (κ2) is 6.52. The fourth-order valence-corrected chi connectivity index (χ4v) is 2.41. The second-order valence-electron chi connectivity index (χ2n) is 4.90. The van der Waals surface area contributed by atoms with Crippen molar-refractivity contribution in [2.24, 2.45) is 5.92 Å². The minimum atomic E-state index is -0.434. The van der Waals surface area contributed by atoms with Gasteiger partial charge in [0.25, 0.3) is 5.91 Å². The van der Waals surface area contributed by atoms with Crippen LogP contribution in [0.25, 0.3) is 0 Å². The van der Waals surface area contributed by atoms with E-state index in [9.17, 15) is 9.59 Å². The van der Waals surface area contributed by atoms with E-state index in [0.717, 1.165) is 32.5 Å². The molecule has 1 atom stereocenters. The van der Waals surface area contributed by atoms with Crippen molar-refractivity contribution in [3.8, 4) is 0 Å². The molecule has 19 heavy (non-hydrogen) atoms. The maximum Gasteiger partial charge on any atom is 0.335 e. The van der Waals surface area contributed by atoms with Gasteiger partial charge in [-0.2, -0.15) is 0 Å². The summed E-state index contributed by atoms with van der Waals surface area (Å²) in [5, 5.41) is 3.35. The van der Waals surface area contributed by atoms with E-state index in [1.54, 1.807) is 0 Å².